The highest BCUT2D eigenvalue weighted by Crippen LogP contribution is 2.11. The average Bonchev–Trinajstić information content (AvgIpc) is 2.82. The Balaban J connectivity index is 0.00000144. The van der Waals surface area contributed by atoms with Gasteiger partial charge in [0.1, 0.15) is 6.10 Å². The van der Waals surface area contributed by atoms with Crippen LogP contribution < -0.4 is 5.32 Å². The average molecular weight is 376 g/mol. The van der Waals surface area contributed by atoms with Gasteiger partial charge in [0.25, 0.3) is 5.91 Å². The summed E-state index contributed by atoms with van der Waals surface area (Å²) in [5, 5.41) is 3.23. The number of benzene rings is 1. The molecule has 0 aromatic heterocycles. The summed E-state index contributed by atoms with van der Waals surface area (Å²) >= 11 is 0. The van der Waals surface area contributed by atoms with Gasteiger partial charge in [-0.25, -0.2) is 0 Å². The number of nitrogens with zero attached hydrogens (tertiary/aromatic N) is 2. The van der Waals surface area contributed by atoms with E-state index in [0.29, 0.717) is 13.2 Å². The minimum absolute atomic E-state index is 0. The molecule has 0 aliphatic carbocycles. The second-order valence-electron chi connectivity index (χ2n) is 6.00. The second-order valence-corrected chi connectivity index (χ2v) is 6.00. The number of amides is 1. The van der Waals surface area contributed by atoms with Gasteiger partial charge in [-0.2, -0.15) is 0 Å². The summed E-state index contributed by atoms with van der Waals surface area (Å²) in [7, 11) is 0. The number of carbonyl (C=O) groups excluding carboxylic acids is 1. The predicted octanol–water partition coefficient (Wildman–Crippen LogP) is 1.55. The van der Waals surface area contributed by atoms with Gasteiger partial charge in [0.05, 0.1) is 6.61 Å². The molecule has 2 aliphatic rings. The second kappa shape index (κ2) is 10.9. The van der Waals surface area contributed by atoms with Crippen molar-refractivity contribution < 1.29 is 9.53 Å². The number of carbonyl (C=O) groups is 1. The molecule has 136 valence electrons. The molecule has 3 rings (SSSR count). The van der Waals surface area contributed by atoms with E-state index >= 15 is 0 Å². The van der Waals surface area contributed by atoms with E-state index in [1.165, 1.54) is 5.56 Å². The van der Waals surface area contributed by atoms with Gasteiger partial charge in [-0.3, -0.25) is 9.69 Å². The smallest absolute Gasteiger partial charge is 0.253 e. The van der Waals surface area contributed by atoms with Crippen LogP contribution in [0.4, 0.5) is 0 Å². The van der Waals surface area contributed by atoms with Gasteiger partial charge < -0.3 is 15.0 Å². The molecule has 24 heavy (non-hydrogen) atoms. The van der Waals surface area contributed by atoms with Crippen molar-refractivity contribution in [3.05, 3.63) is 35.9 Å². The van der Waals surface area contributed by atoms with Crippen LogP contribution in [0, 0.1) is 0 Å². The molecule has 7 heteroatoms. The topological polar surface area (TPSA) is 44.8 Å². The lowest BCUT2D eigenvalue weighted by molar-refractivity contribution is -0.145. The van der Waals surface area contributed by atoms with Crippen molar-refractivity contribution in [2.45, 2.75) is 19.1 Å². The first-order valence-corrected chi connectivity index (χ1v) is 8.20. The normalized spacial score (nSPS) is 22.0. The lowest BCUT2D eigenvalue weighted by Crippen LogP contribution is -2.50. The molecule has 1 amide bonds. The molecule has 1 atom stereocenters. The van der Waals surface area contributed by atoms with Crippen LogP contribution in [-0.2, 0) is 16.1 Å². The number of hydrogen-bond acceptors (Lipinski definition) is 4. The number of morpholine rings is 1. The number of halogens is 2. The largest absolute Gasteiger partial charge is 0.366 e. The fourth-order valence-electron chi connectivity index (χ4n) is 3.12. The van der Waals surface area contributed by atoms with Gasteiger partial charge in [-0.1, -0.05) is 30.3 Å². The zero-order valence-electron chi connectivity index (χ0n) is 13.9. The lowest BCUT2D eigenvalue weighted by atomic mass is 10.2. The van der Waals surface area contributed by atoms with Crippen LogP contribution >= 0.6 is 24.8 Å². The molecule has 1 unspecified atom stereocenters. The fourth-order valence-corrected chi connectivity index (χ4v) is 3.12. The Morgan fingerprint density at radius 1 is 1.12 bits per heavy atom. The van der Waals surface area contributed by atoms with Gasteiger partial charge >= 0.3 is 0 Å². The quantitative estimate of drug-likeness (QED) is 0.870. The summed E-state index contributed by atoms with van der Waals surface area (Å²) in [4.78, 5) is 16.9. The summed E-state index contributed by atoms with van der Waals surface area (Å²) in [6, 6.07) is 10.5. The van der Waals surface area contributed by atoms with Crippen molar-refractivity contribution in [1.82, 2.24) is 15.1 Å². The van der Waals surface area contributed by atoms with Crippen LogP contribution in [0.5, 0.6) is 0 Å². The highest BCUT2D eigenvalue weighted by Gasteiger charge is 2.28. The van der Waals surface area contributed by atoms with Crippen molar-refractivity contribution in [2.75, 3.05) is 45.9 Å². The number of hydrogen-bond donors (Lipinski definition) is 1. The third kappa shape index (κ3) is 5.90. The Kier molecular flexibility index (Phi) is 9.63. The monoisotopic (exact) mass is 375 g/mol. The van der Waals surface area contributed by atoms with Crippen molar-refractivity contribution in [1.29, 1.82) is 0 Å². The molecule has 1 aromatic rings. The summed E-state index contributed by atoms with van der Waals surface area (Å²) in [5.41, 5.74) is 1.34. The van der Waals surface area contributed by atoms with Crippen molar-refractivity contribution in [3.8, 4) is 0 Å². The first-order chi connectivity index (χ1) is 10.8. The Bertz CT molecular complexity index is 484. The molecule has 2 fully saturated rings. The van der Waals surface area contributed by atoms with E-state index in [4.69, 9.17) is 4.74 Å². The molecular weight excluding hydrogens is 349 g/mol. The molecule has 0 bridgehead atoms. The Labute approximate surface area is 156 Å². The Morgan fingerprint density at radius 3 is 2.62 bits per heavy atom. The predicted molar refractivity (Wildman–Crippen MR) is 100 cm³/mol. The molecule has 0 saturated carbocycles. The fraction of sp³-hybridized carbons (Fsp3) is 0.588. The van der Waals surface area contributed by atoms with Crippen molar-refractivity contribution in [2.24, 2.45) is 0 Å². The minimum Gasteiger partial charge on any atom is -0.366 e. The Hall–Kier alpha value is -0.850. The molecular formula is C17H27Cl2N3O2. The van der Waals surface area contributed by atoms with Gasteiger partial charge in [-0.05, 0) is 12.0 Å². The maximum atomic E-state index is 12.5. The number of nitrogens with one attached hydrogen (secondary N) is 1. The van der Waals surface area contributed by atoms with E-state index in [-0.39, 0.29) is 36.8 Å². The third-order valence-corrected chi connectivity index (χ3v) is 4.35. The summed E-state index contributed by atoms with van der Waals surface area (Å²) in [6.45, 7) is 6.69. The maximum absolute atomic E-state index is 12.5. The molecule has 0 radical (unpaired) electrons. The number of rotatable bonds is 3. The molecule has 2 heterocycles. The van der Waals surface area contributed by atoms with Gasteiger partial charge in [0.15, 0.2) is 0 Å². The zero-order valence-corrected chi connectivity index (χ0v) is 15.5. The highest BCUT2D eigenvalue weighted by molar-refractivity contribution is 5.85. The molecule has 5 nitrogen and oxygen atoms in total. The van der Waals surface area contributed by atoms with E-state index in [2.05, 4.69) is 34.5 Å². The summed E-state index contributed by atoms with van der Waals surface area (Å²) < 4.78 is 5.59. The third-order valence-electron chi connectivity index (χ3n) is 4.35. The number of ether oxygens (including phenoxy) is 1. The standard InChI is InChI=1S/C17H25N3O2.2ClH/c21-17(16-13-18-7-12-22-16)20-9-4-8-19(10-11-20)14-15-5-2-1-3-6-15;;/h1-3,5-6,16,18H,4,7-14H2;2*1H. The minimum atomic E-state index is -0.297. The molecule has 1 N–H and O–H groups in total. The Morgan fingerprint density at radius 2 is 1.92 bits per heavy atom. The van der Waals surface area contributed by atoms with Crippen LogP contribution in [0.25, 0.3) is 0 Å². The van der Waals surface area contributed by atoms with E-state index in [9.17, 15) is 4.79 Å². The summed E-state index contributed by atoms with van der Waals surface area (Å²) in [6.07, 6.45) is 0.730. The van der Waals surface area contributed by atoms with Gasteiger partial charge in [0.2, 0.25) is 0 Å². The van der Waals surface area contributed by atoms with Gasteiger partial charge in [-0.15, -0.1) is 24.8 Å². The lowest BCUT2D eigenvalue weighted by Gasteiger charge is -2.29. The van der Waals surface area contributed by atoms with E-state index in [1.54, 1.807) is 0 Å². The van der Waals surface area contributed by atoms with Crippen LogP contribution in [0.1, 0.15) is 12.0 Å². The molecule has 0 spiro atoms. The van der Waals surface area contributed by atoms with Gasteiger partial charge in [0, 0.05) is 45.8 Å². The molecule has 1 aromatic carbocycles. The van der Waals surface area contributed by atoms with Crippen molar-refractivity contribution >= 4 is 30.7 Å². The maximum Gasteiger partial charge on any atom is 0.253 e. The highest BCUT2D eigenvalue weighted by atomic mass is 35.5. The van der Waals surface area contributed by atoms with Crippen LogP contribution in [0.3, 0.4) is 0 Å². The van der Waals surface area contributed by atoms with Crippen molar-refractivity contribution in [3.63, 3.8) is 0 Å². The zero-order chi connectivity index (χ0) is 15.2. The molecule has 2 aliphatic heterocycles. The SMILES string of the molecule is Cl.Cl.O=C(C1CNCCO1)N1CCCN(Cc2ccccc2)CC1. The van der Waals surface area contributed by atoms with E-state index < -0.39 is 0 Å². The first kappa shape index (κ1) is 21.2. The van der Waals surface area contributed by atoms with Crippen LogP contribution in [0.15, 0.2) is 30.3 Å². The van der Waals surface area contributed by atoms with Crippen LogP contribution in [0.2, 0.25) is 0 Å². The molecule has 2 saturated heterocycles. The first-order valence-electron chi connectivity index (χ1n) is 8.20. The summed E-state index contributed by atoms with van der Waals surface area (Å²) in [5.74, 6) is 0.147. The van der Waals surface area contributed by atoms with E-state index in [0.717, 1.165) is 45.7 Å². The van der Waals surface area contributed by atoms with Crippen LogP contribution in [-0.4, -0.2) is 67.7 Å². The van der Waals surface area contributed by atoms with E-state index in [1.807, 2.05) is 11.0 Å².